The fourth-order valence-electron chi connectivity index (χ4n) is 4.84. The van der Waals surface area contributed by atoms with Crippen LogP contribution in [0.2, 0.25) is 5.02 Å². The highest BCUT2D eigenvalue weighted by Crippen LogP contribution is 2.22. The zero-order valence-electron chi connectivity index (χ0n) is 20.4. The van der Waals surface area contributed by atoms with E-state index in [1.165, 1.54) is 16.6 Å². The first kappa shape index (κ1) is 23.9. The summed E-state index contributed by atoms with van der Waals surface area (Å²) in [5, 5.41) is 0.709. The van der Waals surface area contributed by atoms with Gasteiger partial charge < -0.3 is 14.2 Å². The lowest BCUT2D eigenvalue weighted by Gasteiger charge is -2.34. The topological polar surface area (TPSA) is 33.5 Å². The molecule has 1 aliphatic heterocycles. The van der Waals surface area contributed by atoms with Crippen LogP contribution in [0.25, 0.3) is 11.0 Å². The Morgan fingerprint density at radius 1 is 0.829 bits per heavy atom. The fourth-order valence-corrected chi connectivity index (χ4v) is 4.96. The van der Waals surface area contributed by atoms with Crippen LogP contribution < -0.4 is 4.74 Å². The number of rotatable bonds is 9. The van der Waals surface area contributed by atoms with E-state index in [0.29, 0.717) is 11.6 Å². The first-order valence-electron chi connectivity index (χ1n) is 12.5. The van der Waals surface area contributed by atoms with Crippen molar-refractivity contribution in [2.24, 2.45) is 0 Å². The predicted octanol–water partition coefficient (Wildman–Crippen LogP) is 5.79. The third kappa shape index (κ3) is 6.04. The Morgan fingerprint density at radius 3 is 2.34 bits per heavy atom. The molecule has 6 heteroatoms. The molecule has 0 unspecified atom stereocenters. The van der Waals surface area contributed by atoms with Gasteiger partial charge in [0.25, 0.3) is 0 Å². The van der Waals surface area contributed by atoms with Gasteiger partial charge in [-0.2, -0.15) is 0 Å². The lowest BCUT2D eigenvalue weighted by Crippen LogP contribution is -2.46. The predicted molar refractivity (Wildman–Crippen MR) is 143 cm³/mol. The molecule has 5 nitrogen and oxygen atoms in total. The minimum Gasteiger partial charge on any atom is -0.486 e. The zero-order chi connectivity index (χ0) is 24.0. The molecule has 2 heterocycles. The van der Waals surface area contributed by atoms with E-state index in [0.717, 1.165) is 69.3 Å². The largest absolute Gasteiger partial charge is 0.486 e. The highest BCUT2D eigenvalue weighted by Gasteiger charge is 2.18. The van der Waals surface area contributed by atoms with Crippen LogP contribution in [0.3, 0.4) is 0 Å². The van der Waals surface area contributed by atoms with E-state index in [9.17, 15) is 0 Å². The normalized spacial score (nSPS) is 15.0. The Hall–Kier alpha value is -2.86. The van der Waals surface area contributed by atoms with E-state index in [1.807, 2.05) is 24.3 Å². The molecule has 0 aliphatic carbocycles. The van der Waals surface area contributed by atoms with Crippen LogP contribution in [-0.2, 0) is 19.7 Å². The van der Waals surface area contributed by atoms with Crippen molar-refractivity contribution in [2.75, 3.05) is 32.7 Å². The van der Waals surface area contributed by atoms with Gasteiger partial charge in [0.2, 0.25) is 0 Å². The van der Waals surface area contributed by atoms with Gasteiger partial charge in [-0.3, -0.25) is 4.90 Å². The smallest absolute Gasteiger partial charge is 0.148 e. The van der Waals surface area contributed by atoms with Crippen LogP contribution in [0.1, 0.15) is 23.4 Å². The number of aromatic nitrogens is 2. The van der Waals surface area contributed by atoms with Crippen molar-refractivity contribution in [1.29, 1.82) is 0 Å². The third-order valence-corrected chi connectivity index (χ3v) is 7.06. The zero-order valence-corrected chi connectivity index (χ0v) is 21.1. The number of fused-ring (bicyclic) bond motifs is 1. The van der Waals surface area contributed by atoms with E-state index in [2.05, 4.69) is 69.8 Å². The highest BCUT2D eigenvalue weighted by molar-refractivity contribution is 6.30. The molecule has 3 aromatic carbocycles. The summed E-state index contributed by atoms with van der Waals surface area (Å²) in [6.45, 7) is 10.2. The number of benzene rings is 3. The summed E-state index contributed by atoms with van der Waals surface area (Å²) in [6, 6.07) is 24.7. The minimum absolute atomic E-state index is 0.438. The van der Waals surface area contributed by atoms with Crippen LogP contribution in [-0.4, -0.2) is 52.1 Å². The molecule has 1 saturated heterocycles. The third-order valence-electron chi connectivity index (χ3n) is 6.81. The molecule has 35 heavy (non-hydrogen) atoms. The van der Waals surface area contributed by atoms with Crippen LogP contribution in [0.5, 0.6) is 5.75 Å². The Balaban J connectivity index is 1.18. The quantitative estimate of drug-likeness (QED) is 0.299. The molecule has 0 atom stereocenters. The fraction of sp³-hybridized carbons (Fsp3) is 0.345. The molecule has 0 spiro atoms. The van der Waals surface area contributed by atoms with Gasteiger partial charge in [-0.15, -0.1) is 0 Å². The standard InChI is InChI=1S/C29H33ClN4O/c1-23-7-5-10-27-29(23)31-28(22-35-26-13-11-25(30)12-14-26)34(27)16-6-15-32-17-19-33(20-18-32)21-24-8-3-2-4-9-24/h2-5,7-14H,6,15-22H2,1H3. The number of ether oxygens (including phenoxy) is 1. The number of para-hydroxylation sites is 1. The number of halogens is 1. The summed E-state index contributed by atoms with van der Waals surface area (Å²) in [4.78, 5) is 10.1. The van der Waals surface area contributed by atoms with Crippen molar-refractivity contribution in [3.05, 3.63) is 94.8 Å². The Morgan fingerprint density at radius 2 is 1.57 bits per heavy atom. The van der Waals surface area contributed by atoms with Gasteiger partial charge >= 0.3 is 0 Å². The lowest BCUT2D eigenvalue weighted by atomic mass is 10.2. The average Bonchev–Trinajstić information content (AvgIpc) is 3.24. The maximum Gasteiger partial charge on any atom is 0.148 e. The van der Waals surface area contributed by atoms with Crippen LogP contribution in [0, 0.1) is 6.92 Å². The molecule has 0 bridgehead atoms. The first-order chi connectivity index (χ1) is 17.2. The summed E-state index contributed by atoms with van der Waals surface area (Å²) >= 11 is 6.01. The van der Waals surface area contributed by atoms with Gasteiger partial charge in [0.15, 0.2) is 0 Å². The molecule has 0 amide bonds. The SMILES string of the molecule is Cc1cccc2c1nc(COc1ccc(Cl)cc1)n2CCCN1CCN(Cc2ccccc2)CC1. The molecule has 0 N–H and O–H groups in total. The van der Waals surface area contributed by atoms with Crippen LogP contribution in [0.4, 0.5) is 0 Å². The average molecular weight is 489 g/mol. The summed E-state index contributed by atoms with van der Waals surface area (Å²) in [7, 11) is 0. The lowest BCUT2D eigenvalue weighted by molar-refractivity contribution is 0.125. The highest BCUT2D eigenvalue weighted by atomic mass is 35.5. The Kier molecular flexibility index (Phi) is 7.67. The Bertz CT molecular complexity index is 1230. The molecular formula is C29H33ClN4O. The number of piperazine rings is 1. The maximum absolute atomic E-state index is 6.06. The molecule has 0 radical (unpaired) electrons. The van der Waals surface area contributed by atoms with E-state index in [4.69, 9.17) is 21.3 Å². The van der Waals surface area contributed by atoms with Gasteiger partial charge in [0.1, 0.15) is 18.2 Å². The summed E-state index contributed by atoms with van der Waals surface area (Å²) in [6.07, 6.45) is 1.09. The van der Waals surface area contributed by atoms with Crippen molar-refractivity contribution >= 4 is 22.6 Å². The molecule has 5 rings (SSSR count). The van der Waals surface area contributed by atoms with Crippen molar-refractivity contribution in [3.8, 4) is 5.75 Å². The first-order valence-corrected chi connectivity index (χ1v) is 12.9. The Labute approximate surface area is 212 Å². The second-order valence-corrected chi connectivity index (χ2v) is 9.76. The number of nitrogens with zero attached hydrogens (tertiary/aromatic N) is 4. The number of hydrogen-bond donors (Lipinski definition) is 0. The number of hydrogen-bond acceptors (Lipinski definition) is 4. The molecule has 182 valence electrons. The van der Waals surface area contributed by atoms with E-state index in [-0.39, 0.29) is 0 Å². The second kappa shape index (κ2) is 11.3. The molecule has 0 saturated carbocycles. The van der Waals surface area contributed by atoms with Crippen LogP contribution >= 0.6 is 11.6 Å². The molecular weight excluding hydrogens is 456 g/mol. The van der Waals surface area contributed by atoms with E-state index < -0.39 is 0 Å². The van der Waals surface area contributed by atoms with E-state index in [1.54, 1.807) is 0 Å². The van der Waals surface area contributed by atoms with E-state index >= 15 is 0 Å². The number of imidazole rings is 1. The maximum atomic E-state index is 6.06. The van der Waals surface area contributed by atoms with Crippen molar-refractivity contribution < 1.29 is 4.74 Å². The van der Waals surface area contributed by atoms with Crippen molar-refractivity contribution in [3.63, 3.8) is 0 Å². The monoisotopic (exact) mass is 488 g/mol. The van der Waals surface area contributed by atoms with Crippen molar-refractivity contribution in [1.82, 2.24) is 19.4 Å². The van der Waals surface area contributed by atoms with Crippen molar-refractivity contribution in [2.45, 2.75) is 33.0 Å². The summed E-state index contributed by atoms with van der Waals surface area (Å²) in [5.74, 6) is 1.77. The molecule has 1 aliphatic rings. The van der Waals surface area contributed by atoms with Gasteiger partial charge in [-0.1, -0.05) is 54.1 Å². The molecule has 1 fully saturated rings. The van der Waals surface area contributed by atoms with Gasteiger partial charge in [-0.05, 0) is 61.3 Å². The minimum atomic E-state index is 0.438. The number of aryl methyl sites for hydroxylation is 2. The summed E-state index contributed by atoms with van der Waals surface area (Å²) in [5.41, 5.74) is 4.85. The molecule has 1 aromatic heterocycles. The second-order valence-electron chi connectivity index (χ2n) is 9.32. The van der Waals surface area contributed by atoms with Gasteiger partial charge in [-0.25, -0.2) is 4.98 Å². The van der Waals surface area contributed by atoms with Crippen LogP contribution in [0.15, 0.2) is 72.8 Å². The van der Waals surface area contributed by atoms with Gasteiger partial charge in [0, 0.05) is 44.3 Å². The summed E-state index contributed by atoms with van der Waals surface area (Å²) < 4.78 is 8.39. The van der Waals surface area contributed by atoms with Gasteiger partial charge in [0.05, 0.1) is 11.0 Å². The molecule has 4 aromatic rings.